The lowest BCUT2D eigenvalue weighted by molar-refractivity contribution is 0.582. The number of nitrogens with two attached hydrogens (primary N) is 1. The molecule has 0 aliphatic rings. The minimum Gasteiger partial charge on any atom is -0.330 e. The van der Waals surface area contributed by atoms with Crippen molar-refractivity contribution >= 4 is 0 Å². The minimum absolute atomic E-state index is 0.228. The fraction of sp³-hybridized carbons (Fsp3) is 0.500. The molecule has 0 fully saturated rings. The van der Waals surface area contributed by atoms with Gasteiger partial charge in [0.1, 0.15) is 0 Å². The van der Waals surface area contributed by atoms with Crippen molar-refractivity contribution in [3.63, 3.8) is 0 Å². The molecule has 13 heavy (non-hydrogen) atoms. The van der Waals surface area contributed by atoms with Crippen LogP contribution in [0.2, 0.25) is 0 Å². The SMILES string of the molecule is CC(C)(C)c1ccccc1CCN. The van der Waals surface area contributed by atoms with Gasteiger partial charge in [0.2, 0.25) is 0 Å². The van der Waals surface area contributed by atoms with Crippen LogP contribution in [0.4, 0.5) is 0 Å². The Balaban J connectivity index is 3.05. The van der Waals surface area contributed by atoms with Crippen LogP contribution in [0.25, 0.3) is 0 Å². The lowest BCUT2D eigenvalue weighted by Gasteiger charge is -2.22. The molecule has 0 spiro atoms. The average molecular weight is 177 g/mol. The van der Waals surface area contributed by atoms with Crippen molar-refractivity contribution in [1.82, 2.24) is 0 Å². The number of rotatable bonds is 2. The predicted molar refractivity (Wildman–Crippen MR) is 57.9 cm³/mol. The van der Waals surface area contributed by atoms with E-state index in [0.717, 1.165) is 13.0 Å². The van der Waals surface area contributed by atoms with E-state index >= 15 is 0 Å². The van der Waals surface area contributed by atoms with E-state index in [2.05, 4.69) is 45.0 Å². The summed E-state index contributed by atoms with van der Waals surface area (Å²) in [7, 11) is 0. The second-order valence-corrected chi connectivity index (χ2v) is 4.45. The first-order valence-corrected chi connectivity index (χ1v) is 4.84. The van der Waals surface area contributed by atoms with E-state index in [1.807, 2.05) is 0 Å². The molecule has 1 heteroatoms. The van der Waals surface area contributed by atoms with Crippen LogP contribution < -0.4 is 5.73 Å². The van der Waals surface area contributed by atoms with Crippen molar-refractivity contribution in [2.75, 3.05) is 6.54 Å². The Kier molecular flexibility index (Phi) is 3.10. The van der Waals surface area contributed by atoms with E-state index < -0.39 is 0 Å². The first-order chi connectivity index (χ1) is 6.05. The number of hydrogen-bond acceptors (Lipinski definition) is 1. The van der Waals surface area contributed by atoms with E-state index in [-0.39, 0.29) is 5.41 Å². The molecule has 0 radical (unpaired) electrons. The maximum atomic E-state index is 5.57. The van der Waals surface area contributed by atoms with Gasteiger partial charge in [-0.05, 0) is 29.5 Å². The summed E-state index contributed by atoms with van der Waals surface area (Å²) in [4.78, 5) is 0. The monoisotopic (exact) mass is 177 g/mol. The van der Waals surface area contributed by atoms with Gasteiger partial charge in [0.15, 0.2) is 0 Å². The normalized spacial score (nSPS) is 11.7. The molecule has 0 bridgehead atoms. The summed E-state index contributed by atoms with van der Waals surface area (Å²) in [5.41, 5.74) is 8.60. The Morgan fingerprint density at radius 1 is 1.15 bits per heavy atom. The number of benzene rings is 1. The van der Waals surface area contributed by atoms with Crippen molar-refractivity contribution in [2.45, 2.75) is 32.6 Å². The average Bonchev–Trinajstić information content (AvgIpc) is 2.04. The smallest absolute Gasteiger partial charge is 0.00366 e. The predicted octanol–water partition coefficient (Wildman–Crippen LogP) is 2.49. The maximum absolute atomic E-state index is 5.57. The molecule has 1 rings (SSSR count). The zero-order valence-corrected chi connectivity index (χ0v) is 8.80. The summed E-state index contributed by atoms with van der Waals surface area (Å²) in [6.45, 7) is 7.44. The standard InChI is InChI=1S/C12H19N/c1-12(2,3)11-7-5-4-6-10(11)8-9-13/h4-7H,8-9,13H2,1-3H3. The highest BCUT2D eigenvalue weighted by atomic mass is 14.5. The van der Waals surface area contributed by atoms with Crippen LogP contribution in [0.3, 0.4) is 0 Å². The van der Waals surface area contributed by atoms with Gasteiger partial charge in [0, 0.05) is 0 Å². The fourth-order valence-corrected chi connectivity index (χ4v) is 1.63. The van der Waals surface area contributed by atoms with Crippen molar-refractivity contribution in [3.8, 4) is 0 Å². The van der Waals surface area contributed by atoms with Crippen LogP contribution in [-0.4, -0.2) is 6.54 Å². The molecule has 1 aromatic carbocycles. The third kappa shape index (κ3) is 2.56. The maximum Gasteiger partial charge on any atom is -0.00366 e. The molecular formula is C12H19N. The van der Waals surface area contributed by atoms with Crippen LogP contribution in [0, 0.1) is 0 Å². The summed E-state index contributed by atoms with van der Waals surface area (Å²) in [5.74, 6) is 0. The highest BCUT2D eigenvalue weighted by molar-refractivity contribution is 5.32. The fourth-order valence-electron chi connectivity index (χ4n) is 1.63. The summed E-state index contributed by atoms with van der Waals surface area (Å²) in [5, 5.41) is 0. The van der Waals surface area contributed by atoms with Gasteiger partial charge in [0.25, 0.3) is 0 Å². The highest BCUT2D eigenvalue weighted by Crippen LogP contribution is 2.25. The van der Waals surface area contributed by atoms with E-state index in [0.29, 0.717) is 0 Å². The first-order valence-electron chi connectivity index (χ1n) is 4.84. The molecule has 0 aromatic heterocycles. The molecular weight excluding hydrogens is 158 g/mol. The quantitative estimate of drug-likeness (QED) is 0.738. The Morgan fingerprint density at radius 3 is 2.31 bits per heavy atom. The highest BCUT2D eigenvalue weighted by Gasteiger charge is 2.16. The van der Waals surface area contributed by atoms with Gasteiger partial charge in [-0.2, -0.15) is 0 Å². The van der Waals surface area contributed by atoms with Crippen LogP contribution in [0.1, 0.15) is 31.9 Å². The first kappa shape index (κ1) is 10.3. The largest absolute Gasteiger partial charge is 0.330 e. The van der Waals surface area contributed by atoms with Gasteiger partial charge in [-0.25, -0.2) is 0 Å². The molecule has 0 unspecified atom stereocenters. The second kappa shape index (κ2) is 3.93. The summed E-state index contributed by atoms with van der Waals surface area (Å²) < 4.78 is 0. The van der Waals surface area contributed by atoms with E-state index in [4.69, 9.17) is 5.73 Å². The lowest BCUT2D eigenvalue weighted by atomic mass is 9.83. The van der Waals surface area contributed by atoms with E-state index in [1.54, 1.807) is 0 Å². The third-order valence-electron chi connectivity index (χ3n) is 2.24. The Morgan fingerprint density at radius 2 is 1.77 bits per heavy atom. The molecule has 1 nitrogen and oxygen atoms in total. The van der Waals surface area contributed by atoms with Crippen molar-refractivity contribution in [2.24, 2.45) is 5.73 Å². The Bertz CT molecular complexity index is 271. The van der Waals surface area contributed by atoms with Crippen LogP contribution in [0.15, 0.2) is 24.3 Å². The molecule has 72 valence electrons. The zero-order valence-electron chi connectivity index (χ0n) is 8.80. The van der Waals surface area contributed by atoms with Crippen molar-refractivity contribution < 1.29 is 0 Å². The van der Waals surface area contributed by atoms with Crippen LogP contribution in [-0.2, 0) is 11.8 Å². The summed E-state index contributed by atoms with van der Waals surface area (Å²) >= 11 is 0. The van der Waals surface area contributed by atoms with Crippen LogP contribution >= 0.6 is 0 Å². The van der Waals surface area contributed by atoms with E-state index in [1.165, 1.54) is 11.1 Å². The van der Waals surface area contributed by atoms with Gasteiger partial charge in [0.05, 0.1) is 0 Å². The van der Waals surface area contributed by atoms with Crippen LogP contribution in [0.5, 0.6) is 0 Å². The topological polar surface area (TPSA) is 26.0 Å². The lowest BCUT2D eigenvalue weighted by Crippen LogP contribution is -2.16. The molecule has 0 aliphatic carbocycles. The summed E-state index contributed by atoms with van der Waals surface area (Å²) in [6.07, 6.45) is 0.980. The molecule has 0 heterocycles. The minimum atomic E-state index is 0.228. The Hall–Kier alpha value is -0.820. The van der Waals surface area contributed by atoms with Gasteiger partial charge in [-0.3, -0.25) is 0 Å². The molecule has 0 amide bonds. The zero-order chi connectivity index (χ0) is 9.90. The molecule has 0 saturated carbocycles. The van der Waals surface area contributed by atoms with Gasteiger partial charge in [-0.15, -0.1) is 0 Å². The molecule has 1 aromatic rings. The van der Waals surface area contributed by atoms with Gasteiger partial charge in [-0.1, -0.05) is 45.0 Å². The molecule has 0 aliphatic heterocycles. The molecule has 2 N–H and O–H groups in total. The molecule has 0 atom stereocenters. The van der Waals surface area contributed by atoms with E-state index in [9.17, 15) is 0 Å². The van der Waals surface area contributed by atoms with Gasteiger partial charge >= 0.3 is 0 Å². The van der Waals surface area contributed by atoms with Gasteiger partial charge < -0.3 is 5.73 Å². The molecule has 0 saturated heterocycles. The third-order valence-corrected chi connectivity index (χ3v) is 2.24. The Labute approximate surface area is 81.0 Å². The number of hydrogen-bond donors (Lipinski definition) is 1. The van der Waals surface area contributed by atoms with Crippen molar-refractivity contribution in [1.29, 1.82) is 0 Å². The summed E-state index contributed by atoms with van der Waals surface area (Å²) in [6, 6.07) is 8.55. The van der Waals surface area contributed by atoms with Crippen molar-refractivity contribution in [3.05, 3.63) is 35.4 Å². The second-order valence-electron chi connectivity index (χ2n) is 4.45.